The smallest absolute Gasteiger partial charge is 0.250 e. The molecule has 3 N–H and O–H groups in total. The van der Waals surface area contributed by atoms with Crippen LogP contribution in [0.3, 0.4) is 0 Å². The number of thiophene rings is 1. The summed E-state index contributed by atoms with van der Waals surface area (Å²) in [6, 6.07) is 3.32. The van der Waals surface area contributed by atoms with Crippen LogP contribution in [-0.4, -0.2) is 18.9 Å². The SMILES string of the molecule is Cc1ccc(S(=O)(=O)NC(C)(C)C(N)=S)s1. The van der Waals surface area contributed by atoms with Crippen LogP contribution < -0.4 is 10.5 Å². The number of sulfonamides is 1. The van der Waals surface area contributed by atoms with Crippen molar-refractivity contribution in [1.29, 1.82) is 0 Å². The van der Waals surface area contributed by atoms with E-state index in [-0.39, 0.29) is 9.20 Å². The van der Waals surface area contributed by atoms with Crippen LogP contribution in [0.5, 0.6) is 0 Å². The molecule has 0 aromatic carbocycles. The van der Waals surface area contributed by atoms with Gasteiger partial charge in [-0.3, -0.25) is 0 Å². The van der Waals surface area contributed by atoms with Gasteiger partial charge >= 0.3 is 0 Å². The second kappa shape index (κ2) is 4.40. The lowest BCUT2D eigenvalue weighted by Crippen LogP contribution is -2.51. The van der Waals surface area contributed by atoms with Crippen molar-refractivity contribution in [3.63, 3.8) is 0 Å². The molecule has 7 heteroatoms. The summed E-state index contributed by atoms with van der Waals surface area (Å²) in [5.74, 6) is 0. The summed E-state index contributed by atoms with van der Waals surface area (Å²) >= 11 is 6.02. The summed E-state index contributed by atoms with van der Waals surface area (Å²) in [4.78, 5) is 1.05. The molecule has 0 bridgehead atoms. The van der Waals surface area contributed by atoms with E-state index in [9.17, 15) is 8.42 Å². The molecule has 0 unspecified atom stereocenters. The van der Waals surface area contributed by atoms with Gasteiger partial charge in [0.15, 0.2) is 0 Å². The highest BCUT2D eigenvalue weighted by Crippen LogP contribution is 2.22. The third-order valence-corrected chi connectivity index (χ3v) is 5.64. The summed E-state index contributed by atoms with van der Waals surface area (Å²) in [6.07, 6.45) is 0. The second-order valence-electron chi connectivity index (χ2n) is 3.96. The quantitative estimate of drug-likeness (QED) is 0.817. The molecule has 0 aliphatic rings. The Bertz CT molecular complexity index is 503. The topological polar surface area (TPSA) is 72.2 Å². The van der Waals surface area contributed by atoms with Gasteiger partial charge in [0, 0.05) is 4.88 Å². The molecule has 1 heterocycles. The first-order valence-corrected chi connectivity index (χ1v) is 7.26. The van der Waals surface area contributed by atoms with Crippen molar-refractivity contribution in [2.24, 2.45) is 5.73 Å². The predicted octanol–water partition coefficient (Wildman–Crippen LogP) is 1.40. The van der Waals surface area contributed by atoms with Gasteiger partial charge in [-0.15, -0.1) is 11.3 Å². The molecule has 1 aromatic heterocycles. The average Bonchev–Trinajstić information content (AvgIpc) is 2.50. The van der Waals surface area contributed by atoms with Crippen molar-refractivity contribution in [1.82, 2.24) is 4.72 Å². The molecule has 1 rings (SSSR count). The molecular formula is C9H14N2O2S3. The molecule has 0 fully saturated rings. The van der Waals surface area contributed by atoms with E-state index in [1.807, 2.05) is 6.92 Å². The maximum atomic E-state index is 11.9. The number of thiocarbonyl (C=S) groups is 1. The third-order valence-electron chi connectivity index (χ3n) is 1.99. The van der Waals surface area contributed by atoms with Crippen LogP contribution in [0.2, 0.25) is 0 Å². The summed E-state index contributed by atoms with van der Waals surface area (Å²) < 4.78 is 26.7. The van der Waals surface area contributed by atoms with Crippen LogP contribution in [0.25, 0.3) is 0 Å². The summed E-state index contributed by atoms with van der Waals surface area (Å²) in [5.41, 5.74) is 4.54. The molecule has 0 aliphatic carbocycles. The molecule has 0 amide bonds. The van der Waals surface area contributed by atoms with Gasteiger partial charge in [-0.2, -0.15) is 4.72 Å². The van der Waals surface area contributed by atoms with Crippen LogP contribution in [-0.2, 0) is 10.0 Å². The number of aryl methyl sites for hydroxylation is 1. The van der Waals surface area contributed by atoms with Crippen LogP contribution >= 0.6 is 23.6 Å². The third kappa shape index (κ3) is 3.00. The van der Waals surface area contributed by atoms with Gasteiger partial charge in [0.2, 0.25) is 0 Å². The van der Waals surface area contributed by atoms with Crippen molar-refractivity contribution in [2.45, 2.75) is 30.5 Å². The minimum absolute atomic E-state index is 0.115. The van der Waals surface area contributed by atoms with Crippen molar-refractivity contribution in [3.05, 3.63) is 17.0 Å². The van der Waals surface area contributed by atoms with Crippen molar-refractivity contribution >= 4 is 38.6 Å². The van der Waals surface area contributed by atoms with E-state index < -0.39 is 15.6 Å². The largest absolute Gasteiger partial charge is 0.392 e. The molecule has 16 heavy (non-hydrogen) atoms. The first-order valence-electron chi connectivity index (χ1n) is 4.55. The summed E-state index contributed by atoms with van der Waals surface area (Å²) in [5, 5.41) is 0. The Morgan fingerprint density at radius 1 is 1.50 bits per heavy atom. The first-order chi connectivity index (χ1) is 7.15. The van der Waals surface area contributed by atoms with Gasteiger partial charge in [-0.05, 0) is 32.9 Å². The highest BCUT2D eigenvalue weighted by Gasteiger charge is 2.29. The Balaban J connectivity index is 3.02. The minimum Gasteiger partial charge on any atom is -0.392 e. The van der Waals surface area contributed by atoms with Gasteiger partial charge < -0.3 is 5.73 Å². The van der Waals surface area contributed by atoms with E-state index in [1.165, 1.54) is 11.3 Å². The number of hydrogen-bond acceptors (Lipinski definition) is 4. The zero-order valence-electron chi connectivity index (χ0n) is 9.27. The Kier molecular flexibility index (Phi) is 3.73. The fraction of sp³-hybridized carbons (Fsp3) is 0.444. The lowest BCUT2D eigenvalue weighted by Gasteiger charge is -2.23. The Labute approximate surface area is 105 Å². The van der Waals surface area contributed by atoms with E-state index in [0.29, 0.717) is 0 Å². The van der Waals surface area contributed by atoms with Crippen molar-refractivity contribution < 1.29 is 8.42 Å². The number of hydrogen-bond donors (Lipinski definition) is 2. The van der Waals surface area contributed by atoms with Crippen molar-refractivity contribution in [2.75, 3.05) is 0 Å². The highest BCUT2D eigenvalue weighted by molar-refractivity contribution is 7.91. The number of nitrogens with one attached hydrogen (secondary N) is 1. The molecule has 0 spiro atoms. The molecule has 0 saturated heterocycles. The maximum absolute atomic E-state index is 11.9. The van der Waals surface area contributed by atoms with E-state index in [4.69, 9.17) is 18.0 Å². The minimum atomic E-state index is -3.54. The fourth-order valence-corrected chi connectivity index (χ4v) is 3.79. The van der Waals surface area contributed by atoms with Gasteiger partial charge in [0.1, 0.15) is 4.21 Å². The van der Waals surface area contributed by atoms with E-state index in [1.54, 1.807) is 26.0 Å². The highest BCUT2D eigenvalue weighted by atomic mass is 32.2. The zero-order chi connectivity index (χ0) is 12.6. The van der Waals surface area contributed by atoms with E-state index >= 15 is 0 Å². The fourth-order valence-electron chi connectivity index (χ4n) is 0.993. The van der Waals surface area contributed by atoms with Gasteiger partial charge in [0.05, 0.1) is 10.5 Å². The number of nitrogens with two attached hydrogens (primary N) is 1. The second-order valence-corrected chi connectivity index (χ2v) is 7.60. The van der Waals surface area contributed by atoms with Gasteiger partial charge in [0.25, 0.3) is 10.0 Å². The molecule has 0 radical (unpaired) electrons. The first kappa shape index (κ1) is 13.6. The van der Waals surface area contributed by atoms with E-state index in [2.05, 4.69) is 4.72 Å². The Morgan fingerprint density at radius 3 is 2.44 bits per heavy atom. The van der Waals surface area contributed by atoms with Crippen LogP contribution in [0, 0.1) is 6.92 Å². The monoisotopic (exact) mass is 278 g/mol. The van der Waals surface area contributed by atoms with Gasteiger partial charge in [-0.1, -0.05) is 12.2 Å². The van der Waals surface area contributed by atoms with E-state index in [0.717, 1.165) is 4.88 Å². The lowest BCUT2D eigenvalue weighted by molar-refractivity contribution is 0.548. The maximum Gasteiger partial charge on any atom is 0.250 e. The predicted molar refractivity (Wildman–Crippen MR) is 70.2 cm³/mol. The van der Waals surface area contributed by atoms with Crippen molar-refractivity contribution in [3.8, 4) is 0 Å². The molecular weight excluding hydrogens is 264 g/mol. The number of rotatable bonds is 4. The molecule has 0 aliphatic heterocycles. The molecule has 0 atom stereocenters. The molecule has 90 valence electrons. The van der Waals surface area contributed by atoms with Crippen LogP contribution in [0.15, 0.2) is 16.3 Å². The Morgan fingerprint density at radius 2 is 2.06 bits per heavy atom. The lowest BCUT2D eigenvalue weighted by atomic mass is 10.1. The van der Waals surface area contributed by atoms with Crippen LogP contribution in [0.1, 0.15) is 18.7 Å². The molecule has 0 saturated carbocycles. The standard InChI is InChI=1S/C9H14N2O2S3/c1-6-4-5-7(15-6)16(12,13)11-9(2,3)8(10)14/h4-5,11H,1-3H3,(H2,10,14). The van der Waals surface area contributed by atoms with Gasteiger partial charge in [-0.25, -0.2) is 8.42 Å². The molecule has 4 nitrogen and oxygen atoms in total. The molecule has 1 aromatic rings. The summed E-state index contributed by atoms with van der Waals surface area (Å²) in [7, 11) is -3.54. The summed E-state index contributed by atoms with van der Waals surface area (Å²) in [6.45, 7) is 5.11. The van der Waals surface area contributed by atoms with Crippen LogP contribution in [0.4, 0.5) is 0 Å². The normalized spacial score (nSPS) is 12.7. The zero-order valence-corrected chi connectivity index (χ0v) is 11.7. The Hall–Kier alpha value is -0.500. The average molecular weight is 278 g/mol.